The Morgan fingerprint density at radius 1 is 1.30 bits per heavy atom. The van der Waals surface area contributed by atoms with E-state index in [4.69, 9.17) is 0 Å². The van der Waals surface area contributed by atoms with E-state index >= 15 is 0 Å². The highest BCUT2D eigenvalue weighted by molar-refractivity contribution is 6.05. The minimum atomic E-state index is -0.801. The smallest absolute Gasteiger partial charge is 0.356 e. The third kappa shape index (κ3) is 2.25. The lowest BCUT2D eigenvalue weighted by Crippen LogP contribution is -2.36. The molecule has 0 radical (unpaired) electrons. The van der Waals surface area contributed by atoms with Crippen molar-refractivity contribution in [2.45, 2.75) is 25.2 Å². The number of carbonyl (C=O) groups is 2. The van der Waals surface area contributed by atoms with Crippen molar-refractivity contribution in [3.8, 4) is 0 Å². The van der Waals surface area contributed by atoms with Crippen LogP contribution >= 0.6 is 0 Å². The predicted molar refractivity (Wildman–Crippen MR) is 82.0 cm³/mol. The van der Waals surface area contributed by atoms with Gasteiger partial charge in [-0.15, -0.1) is 0 Å². The molecule has 1 aliphatic heterocycles. The lowest BCUT2D eigenvalue weighted by Gasteiger charge is -2.29. The van der Waals surface area contributed by atoms with Crippen molar-refractivity contribution in [3.63, 3.8) is 0 Å². The second kappa shape index (κ2) is 5.42. The van der Waals surface area contributed by atoms with Crippen LogP contribution < -0.4 is 5.32 Å². The van der Waals surface area contributed by atoms with Crippen LogP contribution in [0.3, 0.4) is 0 Å². The Kier molecular flexibility index (Phi) is 3.55. The molecule has 118 valence electrons. The first-order valence-electron chi connectivity index (χ1n) is 7.14. The van der Waals surface area contributed by atoms with Crippen LogP contribution in [0.5, 0.6) is 0 Å². The van der Waals surface area contributed by atoms with Crippen LogP contribution in [0.15, 0.2) is 30.9 Å². The largest absolute Gasteiger partial charge is 0.464 e. The van der Waals surface area contributed by atoms with Gasteiger partial charge >= 0.3 is 5.97 Å². The van der Waals surface area contributed by atoms with Crippen molar-refractivity contribution in [2.24, 2.45) is 0 Å². The van der Waals surface area contributed by atoms with E-state index in [0.717, 1.165) is 11.1 Å². The summed E-state index contributed by atoms with van der Waals surface area (Å²) < 4.78 is 4.64. The number of fused-ring (bicyclic) bond motifs is 1. The summed E-state index contributed by atoms with van der Waals surface area (Å²) in [5.74, 6) is -0.252. The Labute approximate surface area is 133 Å². The van der Waals surface area contributed by atoms with Crippen molar-refractivity contribution >= 4 is 17.7 Å². The lowest BCUT2D eigenvalue weighted by atomic mass is 9.71. The van der Waals surface area contributed by atoms with E-state index < -0.39 is 11.4 Å². The van der Waals surface area contributed by atoms with Gasteiger partial charge in [-0.3, -0.25) is 4.79 Å². The molecule has 1 N–H and O–H groups in total. The Balaban J connectivity index is 1.98. The second-order valence-corrected chi connectivity index (χ2v) is 5.63. The minimum absolute atomic E-state index is 0.127. The fourth-order valence-electron chi connectivity index (χ4n) is 2.82. The van der Waals surface area contributed by atoms with Gasteiger partial charge in [0.15, 0.2) is 0 Å². The fourth-order valence-corrected chi connectivity index (χ4v) is 2.82. The summed E-state index contributed by atoms with van der Waals surface area (Å²) in [6, 6.07) is 3.38. The average molecular weight is 312 g/mol. The number of carbonyl (C=O) groups excluding carboxylic acids is 2. The van der Waals surface area contributed by atoms with Crippen LogP contribution in [0.25, 0.3) is 0 Å². The number of rotatable bonds is 3. The van der Waals surface area contributed by atoms with Crippen LogP contribution in [-0.2, 0) is 14.9 Å². The maximum absolute atomic E-state index is 12.5. The molecule has 2 aromatic rings. The van der Waals surface area contributed by atoms with Gasteiger partial charge in [0, 0.05) is 23.9 Å². The van der Waals surface area contributed by atoms with Crippen molar-refractivity contribution in [1.82, 2.24) is 15.0 Å². The molecule has 3 heterocycles. The summed E-state index contributed by atoms with van der Waals surface area (Å²) in [7, 11) is 1.31. The first kappa shape index (κ1) is 15.1. The summed E-state index contributed by atoms with van der Waals surface area (Å²) in [5.41, 5.74) is 1.03. The van der Waals surface area contributed by atoms with Crippen LogP contribution in [0.1, 0.15) is 41.4 Å². The highest BCUT2D eigenvalue weighted by Crippen LogP contribution is 2.45. The SMILES string of the molecule is COC(=O)c1ccc(C(C)[C@@]2(C)C(=O)Nc3ncncc32)cn1. The maximum Gasteiger partial charge on any atom is 0.356 e. The molecule has 1 amide bonds. The van der Waals surface area contributed by atoms with Crippen molar-refractivity contribution in [3.05, 3.63) is 47.7 Å². The molecule has 1 aliphatic rings. The van der Waals surface area contributed by atoms with Crippen LogP contribution in [0, 0.1) is 0 Å². The summed E-state index contributed by atoms with van der Waals surface area (Å²) in [6.45, 7) is 3.80. The molecule has 1 unspecified atom stereocenters. The highest BCUT2D eigenvalue weighted by Gasteiger charge is 2.48. The Morgan fingerprint density at radius 3 is 2.74 bits per heavy atom. The Hall–Kier alpha value is -2.83. The molecule has 0 saturated carbocycles. The van der Waals surface area contributed by atoms with Gasteiger partial charge in [-0.2, -0.15) is 0 Å². The van der Waals surface area contributed by atoms with E-state index in [1.165, 1.54) is 13.4 Å². The van der Waals surface area contributed by atoms with Gasteiger partial charge in [-0.25, -0.2) is 19.7 Å². The quantitative estimate of drug-likeness (QED) is 0.866. The molecule has 0 aromatic carbocycles. The third-order valence-electron chi connectivity index (χ3n) is 4.52. The van der Waals surface area contributed by atoms with Gasteiger partial charge < -0.3 is 10.1 Å². The minimum Gasteiger partial charge on any atom is -0.464 e. The van der Waals surface area contributed by atoms with Crippen LogP contribution in [-0.4, -0.2) is 33.9 Å². The number of anilines is 1. The van der Waals surface area contributed by atoms with Crippen LogP contribution in [0.4, 0.5) is 5.82 Å². The van der Waals surface area contributed by atoms with E-state index in [9.17, 15) is 9.59 Å². The third-order valence-corrected chi connectivity index (χ3v) is 4.52. The number of ether oxygens (including phenoxy) is 1. The molecule has 23 heavy (non-hydrogen) atoms. The van der Waals surface area contributed by atoms with Gasteiger partial charge in [0.25, 0.3) is 0 Å². The van der Waals surface area contributed by atoms with Crippen molar-refractivity contribution < 1.29 is 14.3 Å². The summed E-state index contributed by atoms with van der Waals surface area (Å²) >= 11 is 0. The number of amides is 1. The molecule has 2 atom stereocenters. The zero-order chi connectivity index (χ0) is 16.6. The molecule has 0 spiro atoms. The first-order chi connectivity index (χ1) is 11.0. The Morgan fingerprint density at radius 2 is 2.09 bits per heavy atom. The van der Waals surface area contributed by atoms with Gasteiger partial charge in [-0.05, 0) is 18.6 Å². The normalized spacial score (nSPS) is 20.6. The van der Waals surface area contributed by atoms with Crippen molar-refractivity contribution in [2.75, 3.05) is 12.4 Å². The molecular formula is C16H16N4O3. The molecular weight excluding hydrogens is 296 g/mol. The molecule has 0 aliphatic carbocycles. The van der Waals surface area contributed by atoms with E-state index in [-0.39, 0.29) is 17.5 Å². The zero-order valence-electron chi connectivity index (χ0n) is 13.0. The molecule has 2 aromatic heterocycles. The number of nitrogens with one attached hydrogen (secondary N) is 1. The number of pyridine rings is 1. The highest BCUT2D eigenvalue weighted by atomic mass is 16.5. The molecule has 7 heteroatoms. The molecule has 0 saturated heterocycles. The van der Waals surface area contributed by atoms with E-state index in [1.807, 2.05) is 13.8 Å². The first-order valence-corrected chi connectivity index (χ1v) is 7.14. The summed E-state index contributed by atoms with van der Waals surface area (Å²) in [4.78, 5) is 36.2. The standard InChI is InChI=1S/C16H16N4O3/c1-9(10-4-5-12(18-6-10)14(21)23-3)16(2)11-7-17-8-19-13(11)20-15(16)22/h4-9H,1-3H3,(H,17,19,20,22)/t9?,16-/m1/s1. The summed E-state index contributed by atoms with van der Waals surface area (Å²) in [5, 5.41) is 2.79. The zero-order valence-corrected chi connectivity index (χ0v) is 13.0. The monoisotopic (exact) mass is 312 g/mol. The van der Waals surface area contributed by atoms with Gasteiger partial charge in [0.1, 0.15) is 17.8 Å². The number of aromatic nitrogens is 3. The molecule has 3 rings (SSSR count). The number of hydrogen-bond donors (Lipinski definition) is 1. The molecule has 7 nitrogen and oxygen atoms in total. The summed E-state index contributed by atoms with van der Waals surface area (Å²) in [6.07, 6.45) is 4.66. The van der Waals surface area contributed by atoms with E-state index in [2.05, 4.69) is 25.0 Å². The topological polar surface area (TPSA) is 94.1 Å². The number of hydrogen-bond acceptors (Lipinski definition) is 6. The van der Waals surface area contributed by atoms with Crippen molar-refractivity contribution in [1.29, 1.82) is 0 Å². The van der Waals surface area contributed by atoms with Crippen LogP contribution in [0.2, 0.25) is 0 Å². The van der Waals surface area contributed by atoms with E-state index in [1.54, 1.807) is 24.5 Å². The average Bonchev–Trinajstić information content (AvgIpc) is 2.86. The fraction of sp³-hybridized carbons (Fsp3) is 0.312. The number of esters is 1. The lowest BCUT2D eigenvalue weighted by molar-refractivity contribution is -0.120. The second-order valence-electron chi connectivity index (χ2n) is 5.63. The van der Waals surface area contributed by atoms with E-state index in [0.29, 0.717) is 5.82 Å². The number of methoxy groups -OCH3 is 1. The molecule has 0 bridgehead atoms. The maximum atomic E-state index is 12.5. The van der Waals surface area contributed by atoms with Gasteiger partial charge in [0.2, 0.25) is 5.91 Å². The van der Waals surface area contributed by atoms with Gasteiger partial charge in [0.05, 0.1) is 12.5 Å². The predicted octanol–water partition coefficient (Wildman–Crippen LogP) is 1.67. The van der Waals surface area contributed by atoms with Gasteiger partial charge in [-0.1, -0.05) is 13.0 Å². The molecule has 0 fully saturated rings. The Bertz CT molecular complexity index is 775. The number of nitrogens with zero attached hydrogens (tertiary/aromatic N) is 3.